The zero-order valence-corrected chi connectivity index (χ0v) is 12.1. The van der Waals surface area contributed by atoms with Gasteiger partial charge in [-0.3, -0.25) is 0 Å². The largest absolute Gasteiger partial charge is 0.377 e. The number of nitrogens with one attached hydrogen (secondary N) is 1. The molecule has 0 aromatic heterocycles. The molecule has 0 saturated carbocycles. The van der Waals surface area contributed by atoms with Crippen molar-refractivity contribution in [2.24, 2.45) is 0 Å². The molecule has 0 aliphatic heterocycles. The van der Waals surface area contributed by atoms with Crippen LogP contribution in [0.2, 0.25) is 5.02 Å². The highest BCUT2D eigenvalue weighted by Crippen LogP contribution is 2.29. The molecule has 0 spiro atoms. The van der Waals surface area contributed by atoms with E-state index in [9.17, 15) is 4.39 Å². The first-order valence-corrected chi connectivity index (χ1v) is 6.71. The molecule has 94 valence electrons. The van der Waals surface area contributed by atoms with Crippen LogP contribution in [-0.4, -0.2) is 0 Å². The molecule has 18 heavy (non-hydrogen) atoms. The van der Waals surface area contributed by atoms with Crippen LogP contribution < -0.4 is 5.32 Å². The second kappa shape index (κ2) is 5.72. The number of anilines is 1. The Morgan fingerprint density at radius 2 is 1.94 bits per heavy atom. The lowest BCUT2D eigenvalue weighted by Crippen LogP contribution is -2.08. The van der Waals surface area contributed by atoms with Crippen LogP contribution in [0.1, 0.15) is 18.5 Å². The van der Waals surface area contributed by atoms with Gasteiger partial charge in [0.1, 0.15) is 5.82 Å². The van der Waals surface area contributed by atoms with Gasteiger partial charge in [-0.05, 0) is 31.2 Å². The molecule has 4 heteroatoms. The second-order valence-corrected chi connectivity index (χ2v) is 5.33. The topological polar surface area (TPSA) is 12.0 Å². The van der Waals surface area contributed by atoms with Gasteiger partial charge >= 0.3 is 0 Å². The van der Waals surface area contributed by atoms with Crippen LogP contribution in [0.3, 0.4) is 0 Å². The molecule has 1 atom stereocenters. The van der Waals surface area contributed by atoms with Crippen molar-refractivity contribution in [2.45, 2.75) is 13.0 Å². The third-order valence-corrected chi connectivity index (χ3v) is 3.49. The molecule has 0 fully saturated rings. The van der Waals surface area contributed by atoms with Crippen LogP contribution in [0.5, 0.6) is 0 Å². The zero-order valence-electron chi connectivity index (χ0n) is 9.75. The summed E-state index contributed by atoms with van der Waals surface area (Å²) in [6.07, 6.45) is 0. The smallest absolute Gasteiger partial charge is 0.128 e. The Bertz CT molecular complexity index is 559. The monoisotopic (exact) mass is 327 g/mol. The Morgan fingerprint density at radius 1 is 1.22 bits per heavy atom. The highest BCUT2D eigenvalue weighted by atomic mass is 79.9. The molecule has 2 aromatic carbocycles. The molecule has 0 saturated heterocycles. The zero-order chi connectivity index (χ0) is 13.1. The van der Waals surface area contributed by atoms with Gasteiger partial charge in [0, 0.05) is 10.0 Å². The second-order valence-electron chi connectivity index (χ2n) is 4.01. The summed E-state index contributed by atoms with van der Waals surface area (Å²) in [5, 5.41) is 3.82. The van der Waals surface area contributed by atoms with E-state index in [1.807, 2.05) is 25.1 Å². The first kappa shape index (κ1) is 13.4. The van der Waals surface area contributed by atoms with Gasteiger partial charge in [-0.1, -0.05) is 45.7 Å². The van der Waals surface area contributed by atoms with Crippen LogP contribution in [-0.2, 0) is 0 Å². The fraction of sp³-hybridized carbons (Fsp3) is 0.143. The van der Waals surface area contributed by atoms with Gasteiger partial charge in [0.25, 0.3) is 0 Å². The van der Waals surface area contributed by atoms with E-state index in [4.69, 9.17) is 11.6 Å². The standard InChI is InChI=1S/C14H12BrClFN/c1-9(11-4-2-3-5-13(11)17)18-14-8-10(15)6-7-12(14)16/h2-9,18H,1H3. The Balaban J connectivity index is 2.24. The lowest BCUT2D eigenvalue weighted by Gasteiger charge is -2.17. The summed E-state index contributed by atoms with van der Waals surface area (Å²) in [5.41, 5.74) is 1.40. The molecule has 1 unspecified atom stereocenters. The maximum atomic E-state index is 13.6. The lowest BCUT2D eigenvalue weighted by molar-refractivity contribution is 0.600. The van der Waals surface area contributed by atoms with E-state index in [0.29, 0.717) is 10.6 Å². The summed E-state index contributed by atoms with van der Waals surface area (Å²) in [7, 11) is 0. The van der Waals surface area contributed by atoms with Crippen molar-refractivity contribution in [3.8, 4) is 0 Å². The van der Waals surface area contributed by atoms with E-state index < -0.39 is 0 Å². The predicted molar refractivity (Wildman–Crippen MR) is 77.6 cm³/mol. The molecule has 2 aromatic rings. The van der Waals surface area contributed by atoms with Crippen molar-refractivity contribution >= 4 is 33.2 Å². The van der Waals surface area contributed by atoms with Crippen LogP contribution in [0, 0.1) is 5.82 Å². The van der Waals surface area contributed by atoms with Crippen LogP contribution in [0.4, 0.5) is 10.1 Å². The molecule has 0 amide bonds. The molecular formula is C14H12BrClFN. The van der Waals surface area contributed by atoms with Crippen molar-refractivity contribution in [2.75, 3.05) is 5.32 Å². The Hall–Kier alpha value is -1.06. The highest BCUT2D eigenvalue weighted by Gasteiger charge is 2.11. The maximum absolute atomic E-state index is 13.6. The molecule has 0 aliphatic rings. The van der Waals surface area contributed by atoms with Gasteiger partial charge in [-0.25, -0.2) is 4.39 Å². The van der Waals surface area contributed by atoms with E-state index in [1.54, 1.807) is 18.2 Å². The van der Waals surface area contributed by atoms with Crippen molar-refractivity contribution in [1.82, 2.24) is 0 Å². The van der Waals surface area contributed by atoms with Gasteiger partial charge in [0.2, 0.25) is 0 Å². The predicted octanol–water partition coefficient (Wildman–Crippen LogP) is 5.41. The van der Waals surface area contributed by atoms with Gasteiger partial charge in [-0.2, -0.15) is 0 Å². The lowest BCUT2D eigenvalue weighted by atomic mass is 10.1. The highest BCUT2D eigenvalue weighted by molar-refractivity contribution is 9.10. The quantitative estimate of drug-likeness (QED) is 0.794. The minimum Gasteiger partial charge on any atom is -0.377 e. The van der Waals surface area contributed by atoms with Gasteiger partial charge < -0.3 is 5.32 Å². The Morgan fingerprint density at radius 3 is 2.67 bits per heavy atom. The fourth-order valence-electron chi connectivity index (χ4n) is 1.75. The number of benzene rings is 2. The minimum absolute atomic E-state index is 0.155. The Labute approximate surface area is 119 Å². The number of rotatable bonds is 3. The SMILES string of the molecule is CC(Nc1cc(Br)ccc1Cl)c1ccccc1F. The van der Waals surface area contributed by atoms with Crippen LogP contribution in [0.15, 0.2) is 46.9 Å². The molecule has 0 bridgehead atoms. The number of hydrogen-bond donors (Lipinski definition) is 1. The number of halogens is 3. The summed E-state index contributed by atoms with van der Waals surface area (Å²) in [5.74, 6) is -0.219. The summed E-state index contributed by atoms with van der Waals surface area (Å²) in [6.45, 7) is 1.90. The van der Waals surface area contributed by atoms with Crippen molar-refractivity contribution in [1.29, 1.82) is 0 Å². The minimum atomic E-state index is -0.219. The number of hydrogen-bond acceptors (Lipinski definition) is 1. The summed E-state index contributed by atoms with van der Waals surface area (Å²) >= 11 is 9.47. The van der Waals surface area contributed by atoms with E-state index in [2.05, 4.69) is 21.2 Å². The van der Waals surface area contributed by atoms with Crippen molar-refractivity contribution in [3.63, 3.8) is 0 Å². The summed E-state index contributed by atoms with van der Waals surface area (Å²) in [4.78, 5) is 0. The summed E-state index contributed by atoms with van der Waals surface area (Å²) < 4.78 is 14.6. The third-order valence-electron chi connectivity index (χ3n) is 2.67. The van der Waals surface area contributed by atoms with Crippen molar-refractivity contribution in [3.05, 3.63) is 63.3 Å². The molecular weight excluding hydrogens is 317 g/mol. The molecule has 0 radical (unpaired) electrons. The normalized spacial score (nSPS) is 12.2. The van der Waals surface area contributed by atoms with Gasteiger partial charge in [0.05, 0.1) is 16.8 Å². The molecule has 0 heterocycles. The first-order valence-electron chi connectivity index (χ1n) is 5.54. The van der Waals surface area contributed by atoms with E-state index in [-0.39, 0.29) is 11.9 Å². The fourth-order valence-corrected chi connectivity index (χ4v) is 2.28. The average molecular weight is 329 g/mol. The third kappa shape index (κ3) is 3.03. The molecule has 0 aliphatic carbocycles. The van der Waals surface area contributed by atoms with E-state index in [1.165, 1.54) is 6.07 Å². The van der Waals surface area contributed by atoms with E-state index >= 15 is 0 Å². The average Bonchev–Trinajstić information content (AvgIpc) is 2.34. The van der Waals surface area contributed by atoms with Crippen LogP contribution >= 0.6 is 27.5 Å². The summed E-state index contributed by atoms with van der Waals surface area (Å²) in [6, 6.07) is 12.1. The van der Waals surface area contributed by atoms with Crippen molar-refractivity contribution < 1.29 is 4.39 Å². The van der Waals surface area contributed by atoms with Gasteiger partial charge in [-0.15, -0.1) is 0 Å². The maximum Gasteiger partial charge on any atom is 0.128 e. The molecule has 2 rings (SSSR count). The van der Waals surface area contributed by atoms with E-state index in [0.717, 1.165) is 10.2 Å². The van der Waals surface area contributed by atoms with Gasteiger partial charge in [0.15, 0.2) is 0 Å². The molecule has 1 nitrogen and oxygen atoms in total. The first-order chi connectivity index (χ1) is 8.58. The Kier molecular flexibility index (Phi) is 4.25. The van der Waals surface area contributed by atoms with Crippen LogP contribution in [0.25, 0.3) is 0 Å². The molecule has 1 N–H and O–H groups in total.